The maximum atomic E-state index is 13.3. The molecule has 22 nitrogen and oxygen atoms in total. The highest BCUT2D eigenvalue weighted by Crippen LogP contribution is 2.41. The lowest BCUT2D eigenvalue weighted by molar-refractivity contribution is -0.294. The zero-order chi connectivity index (χ0) is 42.1. The van der Waals surface area contributed by atoms with Crippen LogP contribution in [0.1, 0.15) is 47.9 Å². The Morgan fingerprint density at radius 2 is 0.772 bits per heavy atom. The van der Waals surface area contributed by atoms with E-state index in [1.54, 1.807) is 0 Å². The van der Waals surface area contributed by atoms with Gasteiger partial charge in [-0.1, -0.05) is 0 Å². The summed E-state index contributed by atoms with van der Waals surface area (Å²) in [5, 5.41) is 129. The van der Waals surface area contributed by atoms with Gasteiger partial charge in [-0.25, -0.2) is 19.2 Å². The average molecular weight is 803 g/mol. The van der Waals surface area contributed by atoms with Crippen molar-refractivity contribution in [2.24, 2.45) is 0 Å². The molecular formula is C35H30O22. The van der Waals surface area contributed by atoms with Crippen molar-refractivity contribution in [1.29, 1.82) is 0 Å². The molecule has 0 aromatic heterocycles. The van der Waals surface area contributed by atoms with E-state index in [1.165, 1.54) is 0 Å². The number of phenols is 12. The second kappa shape index (κ2) is 15.6. The van der Waals surface area contributed by atoms with Gasteiger partial charge in [-0.3, -0.25) is 0 Å². The van der Waals surface area contributed by atoms with E-state index in [9.17, 15) is 85.6 Å². The van der Waals surface area contributed by atoms with Gasteiger partial charge in [0.2, 0.25) is 6.29 Å². The highest BCUT2D eigenvalue weighted by molar-refractivity contribution is 5.93. The van der Waals surface area contributed by atoms with E-state index >= 15 is 0 Å². The van der Waals surface area contributed by atoms with E-state index in [2.05, 4.69) is 0 Å². The van der Waals surface area contributed by atoms with Crippen LogP contribution in [-0.2, 0) is 23.7 Å². The minimum atomic E-state index is -2.35. The average Bonchev–Trinajstić information content (AvgIpc) is 3.15. The van der Waals surface area contributed by atoms with Crippen molar-refractivity contribution >= 4 is 23.9 Å². The van der Waals surface area contributed by atoms with E-state index in [-0.39, 0.29) is 0 Å². The molecule has 5 rings (SSSR count). The second-order valence-electron chi connectivity index (χ2n) is 12.3. The molecule has 1 aliphatic rings. The summed E-state index contributed by atoms with van der Waals surface area (Å²) in [6, 6.07) is 5.30. The van der Waals surface area contributed by atoms with Gasteiger partial charge in [0, 0.05) is 6.42 Å². The number of carbonyl (C=O) groups is 4. The van der Waals surface area contributed by atoms with Gasteiger partial charge in [0.05, 0.1) is 22.3 Å². The van der Waals surface area contributed by atoms with Gasteiger partial charge in [0.15, 0.2) is 75.1 Å². The molecule has 1 fully saturated rings. The quantitative estimate of drug-likeness (QED) is 0.0606. The molecule has 302 valence electrons. The summed E-state index contributed by atoms with van der Waals surface area (Å²) in [6.45, 7) is -2.17. The van der Waals surface area contributed by atoms with Crippen molar-refractivity contribution in [2.45, 2.75) is 30.5 Å². The van der Waals surface area contributed by atoms with Crippen LogP contribution in [0, 0.1) is 0 Å². The highest BCUT2D eigenvalue weighted by Gasteiger charge is 2.52. The first-order valence-electron chi connectivity index (χ1n) is 15.8. The number of carbonyl (C=O) groups excluding carboxylic acids is 4. The fraction of sp³-hybridized carbons (Fsp3) is 0.200. The summed E-state index contributed by atoms with van der Waals surface area (Å²) in [6.07, 6.45) is -7.37. The zero-order valence-corrected chi connectivity index (χ0v) is 28.5. The van der Waals surface area contributed by atoms with Crippen molar-refractivity contribution < 1.29 is 109 Å². The van der Waals surface area contributed by atoms with E-state index in [4.69, 9.17) is 23.7 Å². The van der Waals surface area contributed by atoms with Crippen molar-refractivity contribution in [2.75, 3.05) is 13.2 Å². The molecule has 3 atom stereocenters. The van der Waals surface area contributed by atoms with Crippen LogP contribution in [0.5, 0.6) is 69.0 Å². The van der Waals surface area contributed by atoms with Gasteiger partial charge in [0.25, 0.3) is 0 Å². The molecule has 1 heterocycles. The minimum absolute atomic E-state index is 0.566. The Balaban J connectivity index is 1.52. The summed E-state index contributed by atoms with van der Waals surface area (Å²) >= 11 is 0. The largest absolute Gasteiger partial charge is 0.504 e. The maximum Gasteiger partial charge on any atom is 0.340 e. The third-order valence-electron chi connectivity index (χ3n) is 8.22. The Kier molecular flexibility index (Phi) is 11.0. The van der Waals surface area contributed by atoms with Gasteiger partial charge < -0.3 is 90.1 Å². The number of rotatable bonds is 10. The van der Waals surface area contributed by atoms with E-state index in [0.29, 0.717) is 48.5 Å². The number of hydrogen-bond acceptors (Lipinski definition) is 22. The minimum Gasteiger partial charge on any atom is -0.504 e. The number of esters is 4. The van der Waals surface area contributed by atoms with Crippen molar-refractivity contribution in [3.05, 3.63) is 70.8 Å². The first-order chi connectivity index (χ1) is 26.7. The van der Waals surface area contributed by atoms with Crippen LogP contribution in [-0.4, -0.2) is 128 Å². The number of aliphatic hydroxyl groups is 1. The van der Waals surface area contributed by atoms with E-state index < -0.39 is 159 Å². The van der Waals surface area contributed by atoms with Gasteiger partial charge in [-0.05, 0) is 48.5 Å². The summed E-state index contributed by atoms with van der Waals surface area (Å²) in [5.74, 6) is -17.4. The summed E-state index contributed by atoms with van der Waals surface area (Å²) in [4.78, 5) is 52.6. The summed E-state index contributed by atoms with van der Waals surface area (Å²) < 4.78 is 27.1. The predicted octanol–water partition coefficient (Wildman–Crippen LogP) is 1.10. The first-order valence-corrected chi connectivity index (χ1v) is 15.8. The number of aromatic hydroxyl groups is 12. The van der Waals surface area contributed by atoms with Crippen LogP contribution < -0.4 is 0 Å². The Morgan fingerprint density at radius 3 is 1.09 bits per heavy atom. The second-order valence-corrected chi connectivity index (χ2v) is 12.3. The number of aliphatic hydroxyl groups excluding tert-OH is 1. The van der Waals surface area contributed by atoms with E-state index in [1.807, 2.05) is 0 Å². The lowest BCUT2D eigenvalue weighted by atomic mass is 9.90. The van der Waals surface area contributed by atoms with Crippen LogP contribution >= 0.6 is 0 Å². The lowest BCUT2D eigenvalue weighted by Crippen LogP contribution is -2.61. The fourth-order valence-corrected chi connectivity index (χ4v) is 5.31. The molecule has 1 aliphatic heterocycles. The molecule has 57 heavy (non-hydrogen) atoms. The molecule has 0 saturated carbocycles. The number of hydrogen-bond donors (Lipinski definition) is 13. The van der Waals surface area contributed by atoms with Crippen molar-refractivity contribution in [1.82, 2.24) is 0 Å². The monoisotopic (exact) mass is 802 g/mol. The van der Waals surface area contributed by atoms with Gasteiger partial charge in [-0.2, -0.15) is 0 Å². The molecule has 13 N–H and O–H groups in total. The Morgan fingerprint density at radius 1 is 0.491 bits per heavy atom. The number of benzene rings is 4. The predicted molar refractivity (Wildman–Crippen MR) is 179 cm³/mol. The van der Waals surface area contributed by atoms with Crippen LogP contribution in [0.4, 0.5) is 0 Å². The molecular weight excluding hydrogens is 772 g/mol. The molecule has 4 aromatic rings. The SMILES string of the molecule is O=C(OCC1(COC(=O)c2cc(O)c(O)c(O)c2)CC(O)C(OC(=O)c2cc(O)c(O)c(O)c2)[C@H](OC(=O)c2cc(O)c(O)c(O)c2)O1)c1cc(O)c(O)c(O)c1. The molecule has 2 unspecified atom stereocenters. The first kappa shape index (κ1) is 40.5. The summed E-state index contributed by atoms with van der Waals surface area (Å²) in [5.41, 5.74) is -4.79. The molecule has 0 amide bonds. The lowest BCUT2D eigenvalue weighted by Gasteiger charge is -2.44. The molecule has 0 aliphatic carbocycles. The standard InChI is InChI=1S/C35H30O22/c36-16-1-12(2-17(37)25(16)45)30(49)53-10-35(11-54-31(50)13-3-18(38)26(46)19(39)4-13)9-24(44)29(55-32(51)14-5-20(40)27(47)21(41)6-14)34(57-35)56-33(52)15-7-22(42)28(48)23(43)8-15/h1-8,24,29,34,36-48H,9-11H2/t24?,29?,34-/m1/s1. The third kappa shape index (κ3) is 8.50. The molecule has 0 bridgehead atoms. The Hall–Kier alpha value is -7.72. The highest BCUT2D eigenvalue weighted by atomic mass is 16.7. The van der Waals surface area contributed by atoms with Gasteiger partial charge in [0.1, 0.15) is 24.9 Å². The Bertz CT molecular complexity index is 2100. The maximum absolute atomic E-state index is 13.3. The Labute approximate surface area is 316 Å². The van der Waals surface area contributed by atoms with Gasteiger partial charge in [-0.15, -0.1) is 0 Å². The smallest absolute Gasteiger partial charge is 0.340 e. The van der Waals surface area contributed by atoms with Crippen LogP contribution in [0.15, 0.2) is 48.5 Å². The molecule has 0 radical (unpaired) electrons. The van der Waals surface area contributed by atoms with Crippen LogP contribution in [0.2, 0.25) is 0 Å². The molecule has 22 heteroatoms. The summed E-state index contributed by atoms with van der Waals surface area (Å²) in [7, 11) is 0. The normalized spacial score (nSPS) is 17.2. The van der Waals surface area contributed by atoms with Crippen LogP contribution in [0.3, 0.4) is 0 Å². The van der Waals surface area contributed by atoms with Crippen molar-refractivity contribution in [3.63, 3.8) is 0 Å². The molecule has 4 aromatic carbocycles. The number of phenolic OH excluding ortho intramolecular Hbond substituents is 12. The van der Waals surface area contributed by atoms with Crippen LogP contribution in [0.25, 0.3) is 0 Å². The fourth-order valence-electron chi connectivity index (χ4n) is 5.31. The topological polar surface area (TPSA) is 377 Å². The molecule has 0 spiro atoms. The zero-order valence-electron chi connectivity index (χ0n) is 28.5. The van der Waals surface area contributed by atoms with Crippen molar-refractivity contribution in [3.8, 4) is 69.0 Å². The third-order valence-corrected chi connectivity index (χ3v) is 8.22. The van der Waals surface area contributed by atoms with E-state index in [0.717, 1.165) is 0 Å². The number of ether oxygens (including phenoxy) is 5. The van der Waals surface area contributed by atoms with Gasteiger partial charge >= 0.3 is 23.9 Å². The molecule has 1 saturated heterocycles.